The SMILES string of the molecule is CC(C)(C)[Si](C)(C)OC[C@@H]1O[C@H](n2cnc3c(=O)[nH]c(N)nc32)[C@@H](O[Si](C)(C)C(C)(C)C)[C@H]1O[Si](C)(C)C(C)(C)C. The molecule has 2 aromatic rings. The quantitative estimate of drug-likeness (QED) is 0.323. The van der Waals surface area contributed by atoms with Crippen molar-refractivity contribution >= 4 is 42.1 Å². The van der Waals surface area contributed by atoms with Gasteiger partial charge in [-0.3, -0.25) is 14.3 Å². The van der Waals surface area contributed by atoms with Crippen LogP contribution in [0.3, 0.4) is 0 Å². The third-order valence-corrected chi connectivity index (χ3v) is 23.3. The normalized spacial score (nSPS) is 23.5. The molecule has 1 fully saturated rings. The van der Waals surface area contributed by atoms with Gasteiger partial charge in [-0.1, -0.05) is 62.3 Å². The lowest BCUT2D eigenvalue weighted by atomic mass is 10.1. The van der Waals surface area contributed by atoms with Gasteiger partial charge >= 0.3 is 0 Å². The number of fused-ring (bicyclic) bond motifs is 1. The molecule has 10 nitrogen and oxygen atoms in total. The van der Waals surface area contributed by atoms with Crippen LogP contribution in [0.1, 0.15) is 68.5 Å². The van der Waals surface area contributed by atoms with Crippen LogP contribution in [0.4, 0.5) is 5.95 Å². The molecular weight excluding hydrogens is 571 g/mol. The molecule has 0 unspecified atom stereocenters. The zero-order valence-corrected chi connectivity index (χ0v) is 31.1. The van der Waals surface area contributed by atoms with Crippen molar-refractivity contribution in [3.8, 4) is 0 Å². The maximum absolute atomic E-state index is 12.7. The van der Waals surface area contributed by atoms with E-state index >= 15 is 0 Å². The molecule has 0 radical (unpaired) electrons. The first-order chi connectivity index (χ1) is 18.3. The Hall–Kier alpha value is -1.36. The van der Waals surface area contributed by atoms with Crippen LogP contribution >= 0.6 is 0 Å². The highest BCUT2D eigenvalue weighted by Crippen LogP contribution is 2.46. The van der Waals surface area contributed by atoms with E-state index in [-0.39, 0.29) is 26.6 Å². The third-order valence-electron chi connectivity index (χ3n) is 9.90. The Morgan fingerprint density at radius 2 is 1.37 bits per heavy atom. The average Bonchev–Trinajstić information content (AvgIpc) is 3.31. The van der Waals surface area contributed by atoms with Crippen molar-refractivity contribution in [1.82, 2.24) is 19.5 Å². The highest BCUT2D eigenvalue weighted by atomic mass is 28.4. The minimum absolute atomic E-state index is 0.0241. The van der Waals surface area contributed by atoms with E-state index in [1.807, 2.05) is 0 Å². The van der Waals surface area contributed by atoms with Crippen molar-refractivity contribution in [2.24, 2.45) is 0 Å². The molecule has 0 bridgehead atoms. The van der Waals surface area contributed by atoms with Gasteiger partial charge in [-0.2, -0.15) is 4.98 Å². The van der Waals surface area contributed by atoms with E-state index in [0.29, 0.717) is 12.3 Å². The number of hydrogen-bond acceptors (Lipinski definition) is 8. The number of nitrogens with two attached hydrogens (primary N) is 1. The van der Waals surface area contributed by atoms with Crippen LogP contribution in [0.5, 0.6) is 0 Å². The van der Waals surface area contributed by atoms with Gasteiger partial charge in [0, 0.05) is 0 Å². The predicted molar refractivity (Wildman–Crippen MR) is 174 cm³/mol. The molecule has 41 heavy (non-hydrogen) atoms. The Kier molecular flexibility index (Phi) is 9.13. The number of aromatic amines is 1. The Bertz CT molecular complexity index is 1290. The smallest absolute Gasteiger partial charge is 0.280 e. The molecule has 3 rings (SSSR count). The summed E-state index contributed by atoms with van der Waals surface area (Å²) in [6.45, 7) is 33.9. The van der Waals surface area contributed by atoms with E-state index in [2.05, 4.69) is 117 Å². The monoisotopic (exact) mass is 625 g/mol. The van der Waals surface area contributed by atoms with Gasteiger partial charge < -0.3 is 23.7 Å². The predicted octanol–water partition coefficient (Wildman–Crippen LogP) is 6.40. The van der Waals surface area contributed by atoms with E-state index in [1.54, 1.807) is 10.9 Å². The fourth-order valence-corrected chi connectivity index (χ4v) is 7.62. The zero-order valence-electron chi connectivity index (χ0n) is 28.1. The van der Waals surface area contributed by atoms with Crippen LogP contribution in [0, 0.1) is 0 Å². The van der Waals surface area contributed by atoms with Crippen LogP contribution in [0.2, 0.25) is 54.4 Å². The largest absolute Gasteiger partial charge is 0.414 e. The van der Waals surface area contributed by atoms with E-state index in [9.17, 15) is 4.79 Å². The summed E-state index contributed by atoms with van der Waals surface area (Å²) >= 11 is 0. The molecule has 3 heterocycles. The average molecular weight is 626 g/mol. The second kappa shape index (κ2) is 11.0. The van der Waals surface area contributed by atoms with Crippen LogP contribution in [0.25, 0.3) is 11.2 Å². The number of hydrogen-bond donors (Lipinski definition) is 2. The van der Waals surface area contributed by atoms with Crippen LogP contribution in [0.15, 0.2) is 11.1 Å². The van der Waals surface area contributed by atoms with E-state index in [1.165, 1.54) is 0 Å². The molecule has 4 atom stereocenters. The summed E-state index contributed by atoms with van der Waals surface area (Å²) < 4.78 is 29.8. The minimum Gasteiger partial charge on any atom is -0.414 e. The summed E-state index contributed by atoms with van der Waals surface area (Å²) in [5.41, 5.74) is 6.13. The topological polar surface area (TPSA) is 127 Å². The number of nitrogens with zero attached hydrogens (tertiary/aromatic N) is 3. The molecule has 0 saturated carbocycles. The number of imidazole rings is 1. The van der Waals surface area contributed by atoms with Crippen LogP contribution < -0.4 is 11.3 Å². The van der Waals surface area contributed by atoms with Gasteiger partial charge in [-0.05, 0) is 54.4 Å². The third kappa shape index (κ3) is 6.91. The number of H-pyrrole nitrogens is 1. The number of nitrogen functional groups attached to an aromatic ring is 1. The van der Waals surface area contributed by atoms with E-state index in [4.69, 9.17) is 23.7 Å². The van der Waals surface area contributed by atoms with Crippen molar-refractivity contribution in [2.45, 2.75) is 141 Å². The first-order valence-electron chi connectivity index (χ1n) is 14.7. The van der Waals surface area contributed by atoms with Crippen molar-refractivity contribution in [2.75, 3.05) is 12.3 Å². The zero-order chi connectivity index (χ0) is 31.6. The molecule has 0 aromatic carbocycles. The second-order valence-electron chi connectivity index (χ2n) is 16.1. The highest BCUT2D eigenvalue weighted by molar-refractivity contribution is 6.75. The van der Waals surface area contributed by atoms with Crippen molar-refractivity contribution in [3.63, 3.8) is 0 Å². The number of rotatable bonds is 8. The maximum atomic E-state index is 12.7. The molecule has 13 heteroatoms. The summed E-state index contributed by atoms with van der Waals surface area (Å²) in [7, 11) is -6.69. The lowest BCUT2D eigenvalue weighted by Crippen LogP contribution is -2.54. The molecule has 0 spiro atoms. The molecule has 0 aliphatic carbocycles. The Labute approximate surface area is 249 Å². The van der Waals surface area contributed by atoms with Crippen molar-refractivity contribution in [1.29, 1.82) is 0 Å². The van der Waals surface area contributed by atoms with E-state index < -0.39 is 55.1 Å². The Balaban J connectivity index is 2.18. The first kappa shape index (κ1) is 34.1. The van der Waals surface area contributed by atoms with Gasteiger partial charge in [0.1, 0.15) is 18.3 Å². The van der Waals surface area contributed by atoms with Gasteiger partial charge in [-0.25, -0.2) is 4.98 Å². The number of ether oxygens (including phenoxy) is 1. The van der Waals surface area contributed by atoms with Crippen molar-refractivity contribution < 1.29 is 18.0 Å². The van der Waals surface area contributed by atoms with Gasteiger partial charge in [0.15, 0.2) is 42.3 Å². The highest BCUT2D eigenvalue weighted by Gasteiger charge is 2.55. The fraction of sp³-hybridized carbons (Fsp3) is 0.821. The van der Waals surface area contributed by atoms with E-state index in [0.717, 1.165) is 0 Å². The molecule has 3 N–H and O–H groups in total. The molecule has 1 aliphatic rings. The van der Waals surface area contributed by atoms with Gasteiger partial charge in [0.25, 0.3) is 5.56 Å². The van der Waals surface area contributed by atoms with Gasteiger partial charge in [-0.15, -0.1) is 0 Å². The lowest BCUT2D eigenvalue weighted by molar-refractivity contribution is -0.0470. The lowest BCUT2D eigenvalue weighted by Gasteiger charge is -2.44. The first-order valence-corrected chi connectivity index (χ1v) is 23.4. The van der Waals surface area contributed by atoms with Crippen LogP contribution in [-0.4, -0.2) is 69.4 Å². The number of nitrogens with one attached hydrogen (secondary N) is 1. The summed E-state index contributed by atoms with van der Waals surface area (Å²) in [6, 6.07) is 0. The molecule has 2 aromatic heterocycles. The molecule has 0 amide bonds. The Morgan fingerprint density at radius 1 is 0.878 bits per heavy atom. The summed E-state index contributed by atoms with van der Waals surface area (Å²) in [6.07, 6.45) is -0.297. The standard InChI is InChI=1S/C28H55N5O5Si3/c1-26(2,3)39(10,11)35-16-18-20(37-40(12,13)27(4,5)6)21(38-41(14,15)28(7,8)9)24(36-18)33-17-30-19-22(33)31-25(29)32-23(19)34/h17-18,20-21,24H,16H2,1-15H3,(H3,29,31,32,34)/t18-,20-,21-,24-/m0/s1. The maximum Gasteiger partial charge on any atom is 0.280 e. The summed E-state index contributed by atoms with van der Waals surface area (Å²) in [5, 5.41) is -0.0328. The molecule has 1 saturated heterocycles. The second-order valence-corrected chi connectivity index (χ2v) is 30.4. The van der Waals surface area contributed by atoms with Crippen molar-refractivity contribution in [3.05, 3.63) is 16.7 Å². The molecular formula is C28H55N5O5Si3. The Morgan fingerprint density at radius 3 is 1.85 bits per heavy atom. The number of anilines is 1. The number of aromatic nitrogens is 4. The molecule has 1 aliphatic heterocycles. The van der Waals surface area contributed by atoms with Crippen LogP contribution in [-0.2, 0) is 18.0 Å². The molecule has 234 valence electrons. The van der Waals surface area contributed by atoms with Gasteiger partial charge in [0.2, 0.25) is 5.95 Å². The summed E-state index contributed by atoms with van der Waals surface area (Å²) in [4.78, 5) is 24.0. The summed E-state index contributed by atoms with van der Waals surface area (Å²) in [5.74, 6) is 0.0241. The van der Waals surface area contributed by atoms with Gasteiger partial charge in [0.05, 0.1) is 12.9 Å². The minimum atomic E-state index is -2.32. The fourth-order valence-electron chi connectivity index (χ4n) is 4.00.